The molecule has 12 heavy (non-hydrogen) atoms. The van der Waals surface area contributed by atoms with Crippen LogP contribution in [0.2, 0.25) is 5.15 Å². The number of hydrogen-bond donors (Lipinski definition) is 1. The van der Waals surface area contributed by atoms with Gasteiger partial charge >= 0.3 is 0 Å². The van der Waals surface area contributed by atoms with E-state index in [4.69, 9.17) is 17.3 Å². The Balaban J connectivity index is 2.13. The van der Waals surface area contributed by atoms with Crippen LogP contribution in [0.3, 0.4) is 0 Å². The van der Waals surface area contributed by atoms with Gasteiger partial charge in [0.15, 0.2) is 0 Å². The zero-order valence-corrected chi connectivity index (χ0v) is 7.20. The van der Waals surface area contributed by atoms with Crippen molar-refractivity contribution in [2.24, 2.45) is 5.73 Å². The van der Waals surface area contributed by atoms with Crippen LogP contribution in [0.4, 0.5) is 5.82 Å². The summed E-state index contributed by atoms with van der Waals surface area (Å²) in [5, 5.41) is 0.424. The van der Waals surface area contributed by atoms with E-state index < -0.39 is 0 Å². The molecule has 0 unspecified atom stereocenters. The normalized spacial score (nSPS) is 17.7. The number of anilines is 1. The Morgan fingerprint density at radius 2 is 2.25 bits per heavy atom. The summed E-state index contributed by atoms with van der Waals surface area (Å²) in [6, 6.07) is 0.269. The van der Waals surface area contributed by atoms with Gasteiger partial charge < -0.3 is 10.6 Å². The molecule has 0 bridgehead atoms. The molecular formula is C7H9ClN4. The summed E-state index contributed by atoms with van der Waals surface area (Å²) in [5.74, 6) is 0.809. The fourth-order valence-electron chi connectivity index (χ4n) is 1.18. The Morgan fingerprint density at radius 1 is 1.50 bits per heavy atom. The predicted molar refractivity (Wildman–Crippen MR) is 47.2 cm³/mol. The third-order valence-electron chi connectivity index (χ3n) is 1.83. The first-order chi connectivity index (χ1) is 5.75. The van der Waals surface area contributed by atoms with Gasteiger partial charge in [-0.15, -0.1) is 0 Å². The first-order valence-electron chi connectivity index (χ1n) is 3.74. The van der Waals surface area contributed by atoms with E-state index in [9.17, 15) is 0 Å². The van der Waals surface area contributed by atoms with Crippen molar-refractivity contribution in [1.82, 2.24) is 9.97 Å². The van der Waals surface area contributed by atoms with Crippen LogP contribution in [0.25, 0.3) is 0 Å². The van der Waals surface area contributed by atoms with Gasteiger partial charge in [0.1, 0.15) is 11.0 Å². The van der Waals surface area contributed by atoms with Crippen LogP contribution in [-0.2, 0) is 0 Å². The second kappa shape index (κ2) is 2.88. The average molecular weight is 185 g/mol. The van der Waals surface area contributed by atoms with Crippen LogP contribution >= 0.6 is 11.6 Å². The number of hydrogen-bond acceptors (Lipinski definition) is 4. The Morgan fingerprint density at radius 3 is 2.83 bits per heavy atom. The zero-order chi connectivity index (χ0) is 8.55. The molecule has 5 heteroatoms. The molecule has 2 N–H and O–H groups in total. The largest absolute Gasteiger partial charge is 0.352 e. The molecule has 4 nitrogen and oxygen atoms in total. The maximum atomic E-state index is 5.67. The lowest BCUT2D eigenvalue weighted by Crippen LogP contribution is -2.56. The monoisotopic (exact) mass is 184 g/mol. The van der Waals surface area contributed by atoms with Crippen LogP contribution in [0.5, 0.6) is 0 Å². The number of halogens is 1. The average Bonchev–Trinajstić information content (AvgIpc) is 1.99. The topological polar surface area (TPSA) is 55.0 Å². The highest BCUT2D eigenvalue weighted by Gasteiger charge is 2.24. The van der Waals surface area contributed by atoms with Gasteiger partial charge in [-0.05, 0) is 0 Å². The second-order valence-corrected chi connectivity index (χ2v) is 3.25. The molecule has 64 valence electrons. The maximum Gasteiger partial charge on any atom is 0.149 e. The Bertz CT molecular complexity index is 284. The highest BCUT2D eigenvalue weighted by atomic mass is 35.5. The van der Waals surface area contributed by atoms with Crippen LogP contribution in [0, 0.1) is 0 Å². The zero-order valence-electron chi connectivity index (χ0n) is 6.44. The van der Waals surface area contributed by atoms with Crippen molar-refractivity contribution in [1.29, 1.82) is 0 Å². The summed E-state index contributed by atoms with van der Waals surface area (Å²) < 4.78 is 0. The van der Waals surface area contributed by atoms with Gasteiger partial charge in [0.2, 0.25) is 0 Å². The van der Waals surface area contributed by atoms with E-state index in [1.54, 1.807) is 6.20 Å². The lowest BCUT2D eigenvalue weighted by atomic mass is 10.1. The van der Waals surface area contributed by atoms with Crippen LogP contribution in [0.1, 0.15) is 0 Å². The summed E-state index contributed by atoms with van der Waals surface area (Å²) in [5.41, 5.74) is 5.62. The number of rotatable bonds is 1. The van der Waals surface area contributed by atoms with Crippen molar-refractivity contribution in [2.45, 2.75) is 6.04 Å². The molecule has 0 aromatic carbocycles. The van der Waals surface area contributed by atoms with E-state index in [0.717, 1.165) is 18.9 Å². The number of nitrogens with two attached hydrogens (primary N) is 1. The second-order valence-electron chi connectivity index (χ2n) is 2.87. The minimum Gasteiger partial charge on any atom is -0.352 e. The van der Waals surface area contributed by atoms with E-state index >= 15 is 0 Å². The van der Waals surface area contributed by atoms with E-state index in [1.807, 2.05) is 4.90 Å². The predicted octanol–water partition coefficient (Wildman–Crippen LogP) is 0.277. The molecule has 0 spiro atoms. The molecule has 1 saturated heterocycles. The highest BCUT2D eigenvalue weighted by molar-refractivity contribution is 6.29. The first kappa shape index (κ1) is 7.76. The summed E-state index contributed by atoms with van der Waals surface area (Å²) in [6.45, 7) is 1.68. The van der Waals surface area contributed by atoms with Gasteiger partial charge in [-0.3, -0.25) is 4.98 Å². The molecule has 1 aliphatic heterocycles. The van der Waals surface area contributed by atoms with Gasteiger partial charge in [0, 0.05) is 19.1 Å². The fraction of sp³-hybridized carbons (Fsp3) is 0.429. The SMILES string of the molecule is NC1CN(c2cncc(Cl)n2)C1. The van der Waals surface area contributed by atoms with Crippen molar-refractivity contribution in [2.75, 3.05) is 18.0 Å². The molecule has 1 aromatic rings. The summed E-state index contributed by atoms with van der Waals surface area (Å²) in [6.07, 6.45) is 3.21. The van der Waals surface area contributed by atoms with Crippen molar-refractivity contribution in [3.63, 3.8) is 0 Å². The third-order valence-corrected chi connectivity index (χ3v) is 2.01. The minimum atomic E-state index is 0.269. The number of aromatic nitrogens is 2. The molecule has 0 amide bonds. The van der Waals surface area contributed by atoms with Gasteiger partial charge in [-0.2, -0.15) is 0 Å². The maximum absolute atomic E-state index is 5.67. The quantitative estimate of drug-likeness (QED) is 0.681. The van der Waals surface area contributed by atoms with Gasteiger partial charge in [-0.1, -0.05) is 11.6 Å². The lowest BCUT2D eigenvalue weighted by molar-refractivity contribution is 0.514. The van der Waals surface area contributed by atoms with Gasteiger partial charge in [0.05, 0.1) is 12.4 Å². The number of nitrogens with zero attached hydrogens (tertiary/aromatic N) is 3. The van der Waals surface area contributed by atoms with Crippen molar-refractivity contribution < 1.29 is 0 Å². The molecule has 1 aromatic heterocycles. The molecule has 2 heterocycles. The summed E-state index contributed by atoms with van der Waals surface area (Å²) in [4.78, 5) is 10.1. The molecule has 1 fully saturated rings. The summed E-state index contributed by atoms with van der Waals surface area (Å²) >= 11 is 5.67. The van der Waals surface area contributed by atoms with Crippen LogP contribution in [0.15, 0.2) is 12.4 Å². The Hall–Kier alpha value is -0.870. The highest BCUT2D eigenvalue weighted by Crippen LogP contribution is 2.17. The molecular weight excluding hydrogens is 176 g/mol. The van der Waals surface area contributed by atoms with Crippen molar-refractivity contribution in [3.8, 4) is 0 Å². The minimum absolute atomic E-state index is 0.269. The first-order valence-corrected chi connectivity index (χ1v) is 4.11. The Labute approximate surface area is 75.4 Å². The van der Waals surface area contributed by atoms with Gasteiger partial charge in [0.25, 0.3) is 0 Å². The standard InChI is InChI=1S/C7H9ClN4/c8-6-1-10-2-7(11-6)12-3-5(9)4-12/h1-2,5H,3-4,9H2. The van der Waals surface area contributed by atoms with E-state index in [1.165, 1.54) is 6.20 Å². The van der Waals surface area contributed by atoms with E-state index in [0.29, 0.717) is 5.15 Å². The van der Waals surface area contributed by atoms with Crippen molar-refractivity contribution in [3.05, 3.63) is 17.5 Å². The molecule has 0 atom stereocenters. The van der Waals surface area contributed by atoms with Crippen LogP contribution < -0.4 is 10.6 Å². The molecule has 0 radical (unpaired) electrons. The smallest absolute Gasteiger partial charge is 0.149 e. The van der Waals surface area contributed by atoms with E-state index in [2.05, 4.69) is 9.97 Å². The molecule has 0 aliphatic carbocycles. The third kappa shape index (κ3) is 1.35. The summed E-state index contributed by atoms with van der Waals surface area (Å²) in [7, 11) is 0. The van der Waals surface area contributed by atoms with Crippen LogP contribution in [-0.4, -0.2) is 29.1 Å². The lowest BCUT2D eigenvalue weighted by Gasteiger charge is -2.37. The molecule has 0 saturated carbocycles. The fourth-order valence-corrected chi connectivity index (χ4v) is 1.33. The van der Waals surface area contributed by atoms with Crippen molar-refractivity contribution >= 4 is 17.4 Å². The van der Waals surface area contributed by atoms with Gasteiger partial charge in [-0.25, -0.2) is 4.98 Å². The Kier molecular flexibility index (Phi) is 1.86. The molecule has 1 aliphatic rings. The van der Waals surface area contributed by atoms with E-state index in [-0.39, 0.29) is 6.04 Å². The molecule has 2 rings (SSSR count).